The summed E-state index contributed by atoms with van der Waals surface area (Å²) in [5, 5.41) is 15.0. The van der Waals surface area contributed by atoms with Crippen LogP contribution in [-0.4, -0.2) is 9.91 Å². The van der Waals surface area contributed by atoms with Crippen LogP contribution < -0.4 is 5.32 Å². The van der Waals surface area contributed by atoms with Gasteiger partial charge in [0.15, 0.2) is 0 Å². The van der Waals surface area contributed by atoms with Crippen LogP contribution in [-0.2, 0) is 13.1 Å². The lowest BCUT2D eigenvalue weighted by atomic mass is 10.2. The third kappa shape index (κ3) is 3.59. The number of aromatic nitrogens is 1. The number of nitro benzene ring substituents is 1. The van der Waals surface area contributed by atoms with Gasteiger partial charge in [-0.2, -0.15) is 0 Å². The number of benzene rings is 1. The van der Waals surface area contributed by atoms with Crippen molar-refractivity contribution in [1.82, 2.24) is 10.3 Å². The van der Waals surface area contributed by atoms with Crippen LogP contribution in [0.1, 0.15) is 21.1 Å². The lowest BCUT2D eigenvalue weighted by Gasteiger charge is -2.04. The van der Waals surface area contributed by atoms with E-state index in [1.807, 2.05) is 19.9 Å². The second-order valence-electron chi connectivity index (χ2n) is 4.27. The van der Waals surface area contributed by atoms with Gasteiger partial charge in [-0.15, -0.1) is 11.3 Å². The van der Waals surface area contributed by atoms with E-state index in [0.29, 0.717) is 6.54 Å². The molecule has 0 fully saturated rings. The minimum absolute atomic E-state index is 0.129. The molecule has 2 rings (SSSR count). The fourth-order valence-corrected chi connectivity index (χ4v) is 2.74. The van der Waals surface area contributed by atoms with Crippen molar-refractivity contribution in [2.75, 3.05) is 0 Å². The fourth-order valence-electron chi connectivity index (χ4n) is 1.84. The maximum absolute atomic E-state index is 10.7. The van der Waals surface area contributed by atoms with Gasteiger partial charge in [-0.3, -0.25) is 10.1 Å². The lowest BCUT2D eigenvalue weighted by Crippen LogP contribution is -2.12. The second kappa shape index (κ2) is 5.90. The van der Waals surface area contributed by atoms with Crippen LogP contribution in [0, 0.1) is 24.0 Å². The Morgan fingerprint density at radius 2 is 2.16 bits per heavy atom. The third-order valence-electron chi connectivity index (χ3n) is 2.74. The third-order valence-corrected chi connectivity index (χ3v) is 3.81. The molecule has 0 radical (unpaired) electrons. The average Bonchev–Trinajstić information content (AvgIpc) is 2.68. The monoisotopic (exact) mass is 277 g/mol. The number of nitro groups is 1. The zero-order valence-electron chi connectivity index (χ0n) is 10.8. The highest BCUT2D eigenvalue weighted by Gasteiger charge is 2.06. The minimum Gasteiger partial charge on any atom is -0.308 e. The van der Waals surface area contributed by atoms with Crippen LogP contribution in [0.25, 0.3) is 0 Å². The molecule has 5 nitrogen and oxygen atoms in total. The Morgan fingerprint density at radius 3 is 2.79 bits per heavy atom. The maximum atomic E-state index is 10.7. The Balaban J connectivity index is 1.94. The molecule has 0 saturated carbocycles. The van der Waals surface area contributed by atoms with E-state index in [-0.39, 0.29) is 10.6 Å². The van der Waals surface area contributed by atoms with Crippen LogP contribution >= 0.6 is 11.3 Å². The summed E-state index contributed by atoms with van der Waals surface area (Å²) in [4.78, 5) is 15.9. The number of rotatable bonds is 5. The predicted octanol–water partition coefficient (Wildman–Crippen LogP) is 2.96. The summed E-state index contributed by atoms with van der Waals surface area (Å²) in [5.74, 6) is 0. The molecule has 100 valence electrons. The van der Waals surface area contributed by atoms with E-state index in [4.69, 9.17) is 0 Å². The van der Waals surface area contributed by atoms with Crippen molar-refractivity contribution >= 4 is 17.0 Å². The van der Waals surface area contributed by atoms with E-state index in [1.165, 1.54) is 10.9 Å². The van der Waals surface area contributed by atoms with Crippen LogP contribution in [0.5, 0.6) is 0 Å². The van der Waals surface area contributed by atoms with E-state index >= 15 is 0 Å². The molecule has 1 aromatic carbocycles. The first-order valence-corrected chi connectivity index (χ1v) is 6.75. The summed E-state index contributed by atoms with van der Waals surface area (Å²) in [6.45, 7) is 5.33. The van der Waals surface area contributed by atoms with Gasteiger partial charge in [0.2, 0.25) is 0 Å². The molecule has 0 aliphatic carbocycles. The maximum Gasteiger partial charge on any atom is 0.269 e. The highest BCUT2D eigenvalue weighted by molar-refractivity contribution is 7.11. The summed E-state index contributed by atoms with van der Waals surface area (Å²) in [5.41, 5.74) is 2.09. The normalized spacial score (nSPS) is 10.6. The second-order valence-corrected chi connectivity index (χ2v) is 5.56. The van der Waals surface area contributed by atoms with Crippen LogP contribution in [0.4, 0.5) is 5.69 Å². The van der Waals surface area contributed by atoms with Gasteiger partial charge < -0.3 is 5.32 Å². The predicted molar refractivity (Wildman–Crippen MR) is 75.2 cm³/mol. The quantitative estimate of drug-likeness (QED) is 0.674. The summed E-state index contributed by atoms with van der Waals surface area (Å²) in [6, 6.07) is 6.68. The SMILES string of the molecule is Cc1nc(C)c(CNCc2cccc([N+](=O)[O-])c2)s1. The molecule has 0 saturated heterocycles. The molecule has 2 aromatic rings. The molecule has 0 amide bonds. The fraction of sp³-hybridized carbons (Fsp3) is 0.308. The summed E-state index contributed by atoms with van der Waals surface area (Å²) in [6.07, 6.45) is 0. The Morgan fingerprint density at radius 1 is 1.37 bits per heavy atom. The van der Waals surface area contributed by atoms with E-state index in [9.17, 15) is 10.1 Å². The Labute approximate surface area is 115 Å². The zero-order valence-corrected chi connectivity index (χ0v) is 11.7. The van der Waals surface area contributed by atoms with Crippen molar-refractivity contribution in [1.29, 1.82) is 0 Å². The summed E-state index contributed by atoms with van der Waals surface area (Å²) >= 11 is 1.68. The molecule has 0 bridgehead atoms. The standard InChI is InChI=1S/C13H15N3O2S/c1-9-13(19-10(2)15-9)8-14-7-11-4-3-5-12(6-11)16(17)18/h3-6,14H,7-8H2,1-2H3. The lowest BCUT2D eigenvalue weighted by molar-refractivity contribution is -0.384. The van der Waals surface area contributed by atoms with Gasteiger partial charge in [-0.05, 0) is 19.4 Å². The number of non-ortho nitro benzene ring substituents is 1. The molecule has 1 aromatic heterocycles. The molecule has 0 atom stereocenters. The topological polar surface area (TPSA) is 68.1 Å². The van der Waals surface area contributed by atoms with Gasteiger partial charge in [0.25, 0.3) is 5.69 Å². The van der Waals surface area contributed by atoms with Crippen LogP contribution in [0.15, 0.2) is 24.3 Å². The van der Waals surface area contributed by atoms with E-state index in [2.05, 4.69) is 10.3 Å². The van der Waals surface area contributed by atoms with Crippen LogP contribution in [0.3, 0.4) is 0 Å². The van der Waals surface area contributed by atoms with Gasteiger partial charge in [0.05, 0.1) is 15.6 Å². The van der Waals surface area contributed by atoms with Crippen molar-refractivity contribution in [2.24, 2.45) is 0 Å². The number of hydrogen-bond acceptors (Lipinski definition) is 5. The van der Waals surface area contributed by atoms with Crippen molar-refractivity contribution < 1.29 is 4.92 Å². The van der Waals surface area contributed by atoms with Crippen molar-refractivity contribution in [3.63, 3.8) is 0 Å². The number of nitrogens with zero attached hydrogens (tertiary/aromatic N) is 2. The van der Waals surface area contributed by atoms with E-state index in [1.54, 1.807) is 23.5 Å². The average molecular weight is 277 g/mol. The van der Waals surface area contributed by atoms with Crippen molar-refractivity contribution in [2.45, 2.75) is 26.9 Å². The Kier molecular flexibility index (Phi) is 4.24. The molecule has 19 heavy (non-hydrogen) atoms. The molecule has 1 N–H and O–H groups in total. The molecule has 0 aliphatic rings. The summed E-state index contributed by atoms with van der Waals surface area (Å²) < 4.78 is 0. The number of aryl methyl sites for hydroxylation is 2. The van der Waals surface area contributed by atoms with E-state index < -0.39 is 0 Å². The van der Waals surface area contributed by atoms with Gasteiger partial charge in [-0.25, -0.2) is 4.98 Å². The Bertz CT molecular complexity index is 595. The Hall–Kier alpha value is -1.79. The zero-order chi connectivity index (χ0) is 13.8. The molecule has 1 heterocycles. The van der Waals surface area contributed by atoms with Gasteiger partial charge in [0, 0.05) is 30.1 Å². The molecular weight excluding hydrogens is 262 g/mol. The van der Waals surface area contributed by atoms with E-state index in [0.717, 1.165) is 22.8 Å². The number of thiazole rings is 1. The number of hydrogen-bond donors (Lipinski definition) is 1. The molecule has 6 heteroatoms. The smallest absolute Gasteiger partial charge is 0.269 e. The van der Waals surface area contributed by atoms with Gasteiger partial charge >= 0.3 is 0 Å². The van der Waals surface area contributed by atoms with Gasteiger partial charge in [0.1, 0.15) is 0 Å². The summed E-state index contributed by atoms with van der Waals surface area (Å²) in [7, 11) is 0. The van der Waals surface area contributed by atoms with Crippen LogP contribution in [0.2, 0.25) is 0 Å². The highest BCUT2D eigenvalue weighted by atomic mass is 32.1. The first kappa shape index (κ1) is 13.6. The molecule has 0 aliphatic heterocycles. The van der Waals surface area contributed by atoms with Gasteiger partial charge in [-0.1, -0.05) is 12.1 Å². The first-order chi connectivity index (χ1) is 9.06. The molecule has 0 unspecified atom stereocenters. The van der Waals surface area contributed by atoms with Crippen molar-refractivity contribution in [3.8, 4) is 0 Å². The molecular formula is C13H15N3O2S. The van der Waals surface area contributed by atoms with Crippen molar-refractivity contribution in [3.05, 3.63) is 55.5 Å². The molecule has 0 spiro atoms. The minimum atomic E-state index is -0.375. The highest BCUT2D eigenvalue weighted by Crippen LogP contribution is 2.17. The largest absolute Gasteiger partial charge is 0.308 e. The first-order valence-electron chi connectivity index (χ1n) is 5.93. The number of nitrogens with one attached hydrogen (secondary N) is 1.